The molecule has 0 aliphatic rings. The molecule has 2 heteroatoms. The van der Waals surface area contributed by atoms with Crippen LogP contribution in [-0.2, 0) is 0 Å². The highest BCUT2D eigenvalue weighted by Gasteiger charge is 2.09. The number of aryl methyl sites for hydroxylation is 1. The molecule has 0 bridgehead atoms. The second-order valence-corrected chi connectivity index (χ2v) is 3.90. The van der Waals surface area contributed by atoms with Gasteiger partial charge in [-0.05, 0) is 19.1 Å². The molecule has 0 aliphatic carbocycles. The average Bonchev–Trinajstić information content (AvgIpc) is 2.85. The molecule has 0 atom stereocenters. The standard InChI is InChI=1S/C14H11NO.C2H6/c1-10-7-8-13-12(9-10)14(16-15-13)11-5-3-2-4-6-11;1-2/h2-9H,1H3;1-2H3. The van der Waals surface area contributed by atoms with Gasteiger partial charge in [0.25, 0.3) is 0 Å². The average molecular weight is 239 g/mol. The quantitative estimate of drug-likeness (QED) is 0.608. The van der Waals surface area contributed by atoms with Crippen LogP contribution in [0.25, 0.3) is 22.2 Å². The Labute approximate surface area is 107 Å². The van der Waals surface area contributed by atoms with Gasteiger partial charge in [0.15, 0.2) is 5.76 Å². The fourth-order valence-electron chi connectivity index (χ4n) is 1.85. The Morgan fingerprint density at radius 1 is 0.944 bits per heavy atom. The third-order valence-corrected chi connectivity index (χ3v) is 2.67. The molecule has 0 unspecified atom stereocenters. The molecule has 3 aromatic rings. The zero-order valence-corrected chi connectivity index (χ0v) is 11.0. The predicted molar refractivity (Wildman–Crippen MR) is 75.5 cm³/mol. The Balaban J connectivity index is 0.000000574. The summed E-state index contributed by atoms with van der Waals surface area (Å²) in [6.07, 6.45) is 0. The lowest BCUT2D eigenvalue weighted by Crippen LogP contribution is -1.75. The van der Waals surface area contributed by atoms with Crippen molar-refractivity contribution in [1.82, 2.24) is 5.16 Å². The molecule has 2 aromatic carbocycles. The zero-order chi connectivity index (χ0) is 13.0. The minimum absolute atomic E-state index is 0.847. The van der Waals surface area contributed by atoms with E-state index in [1.165, 1.54) is 5.56 Å². The molecule has 0 N–H and O–H groups in total. The summed E-state index contributed by atoms with van der Waals surface area (Å²) in [5.41, 5.74) is 3.19. The molecule has 1 heterocycles. The molecular weight excluding hydrogens is 222 g/mol. The van der Waals surface area contributed by atoms with Crippen LogP contribution in [-0.4, -0.2) is 5.16 Å². The molecular formula is C16H17NO. The Morgan fingerprint density at radius 3 is 2.39 bits per heavy atom. The summed E-state index contributed by atoms with van der Waals surface area (Å²) in [5.74, 6) is 0.847. The topological polar surface area (TPSA) is 26.0 Å². The van der Waals surface area contributed by atoms with Crippen molar-refractivity contribution in [2.24, 2.45) is 0 Å². The van der Waals surface area contributed by atoms with Crippen LogP contribution in [0.4, 0.5) is 0 Å². The van der Waals surface area contributed by atoms with Gasteiger partial charge in [-0.15, -0.1) is 0 Å². The maximum absolute atomic E-state index is 5.41. The molecule has 0 aliphatic heterocycles. The van der Waals surface area contributed by atoms with Gasteiger partial charge < -0.3 is 4.52 Å². The van der Waals surface area contributed by atoms with Crippen LogP contribution >= 0.6 is 0 Å². The number of hydrogen-bond donors (Lipinski definition) is 0. The first-order valence-corrected chi connectivity index (χ1v) is 6.26. The summed E-state index contributed by atoms with van der Waals surface area (Å²) in [4.78, 5) is 0. The van der Waals surface area contributed by atoms with E-state index < -0.39 is 0 Å². The highest BCUT2D eigenvalue weighted by atomic mass is 16.5. The van der Waals surface area contributed by atoms with Gasteiger partial charge in [-0.3, -0.25) is 0 Å². The smallest absolute Gasteiger partial charge is 0.174 e. The first kappa shape index (κ1) is 12.4. The molecule has 0 saturated heterocycles. The van der Waals surface area contributed by atoms with E-state index in [4.69, 9.17) is 4.52 Å². The highest BCUT2D eigenvalue weighted by Crippen LogP contribution is 2.28. The molecule has 3 rings (SSSR count). The summed E-state index contributed by atoms with van der Waals surface area (Å²) in [6.45, 7) is 6.07. The van der Waals surface area contributed by atoms with E-state index in [0.29, 0.717) is 0 Å². The normalized spacial score (nSPS) is 9.94. The number of hydrogen-bond acceptors (Lipinski definition) is 2. The van der Waals surface area contributed by atoms with E-state index in [1.54, 1.807) is 0 Å². The summed E-state index contributed by atoms with van der Waals surface area (Å²) >= 11 is 0. The molecule has 0 saturated carbocycles. The lowest BCUT2D eigenvalue weighted by molar-refractivity contribution is 0.441. The summed E-state index contributed by atoms with van der Waals surface area (Å²) in [6, 6.07) is 16.2. The van der Waals surface area contributed by atoms with Gasteiger partial charge in [0.05, 0.1) is 0 Å². The van der Waals surface area contributed by atoms with Crippen molar-refractivity contribution in [2.45, 2.75) is 20.8 Å². The van der Waals surface area contributed by atoms with E-state index in [9.17, 15) is 0 Å². The van der Waals surface area contributed by atoms with Crippen molar-refractivity contribution in [2.75, 3.05) is 0 Å². The number of aromatic nitrogens is 1. The van der Waals surface area contributed by atoms with Gasteiger partial charge in [-0.1, -0.05) is 61.0 Å². The van der Waals surface area contributed by atoms with E-state index in [2.05, 4.69) is 18.1 Å². The monoisotopic (exact) mass is 239 g/mol. The Hall–Kier alpha value is -2.09. The van der Waals surface area contributed by atoms with Crippen molar-refractivity contribution in [1.29, 1.82) is 0 Å². The molecule has 18 heavy (non-hydrogen) atoms. The van der Waals surface area contributed by atoms with Gasteiger partial charge in [-0.2, -0.15) is 0 Å². The molecule has 0 amide bonds. The third kappa shape index (κ3) is 2.28. The molecule has 92 valence electrons. The lowest BCUT2D eigenvalue weighted by atomic mass is 10.1. The fraction of sp³-hybridized carbons (Fsp3) is 0.188. The summed E-state index contributed by atoms with van der Waals surface area (Å²) in [5, 5.41) is 5.14. The minimum atomic E-state index is 0.847. The molecule has 2 nitrogen and oxygen atoms in total. The van der Waals surface area contributed by atoms with Crippen LogP contribution in [0.15, 0.2) is 53.1 Å². The van der Waals surface area contributed by atoms with Crippen LogP contribution in [0.2, 0.25) is 0 Å². The van der Waals surface area contributed by atoms with E-state index >= 15 is 0 Å². The predicted octanol–water partition coefficient (Wildman–Crippen LogP) is 4.83. The van der Waals surface area contributed by atoms with E-state index in [0.717, 1.165) is 22.2 Å². The second-order valence-electron chi connectivity index (χ2n) is 3.90. The Kier molecular flexibility index (Phi) is 3.78. The zero-order valence-electron chi connectivity index (χ0n) is 11.0. The van der Waals surface area contributed by atoms with Crippen molar-refractivity contribution in [3.8, 4) is 11.3 Å². The third-order valence-electron chi connectivity index (χ3n) is 2.67. The summed E-state index contributed by atoms with van der Waals surface area (Å²) < 4.78 is 5.41. The Morgan fingerprint density at radius 2 is 1.67 bits per heavy atom. The Bertz CT molecular complexity index is 626. The fourth-order valence-corrected chi connectivity index (χ4v) is 1.85. The first-order valence-electron chi connectivity index (χ1n) is 6.26. The van der Waals surface area contributed by atoms with Crippen LogP contribution < -0.4 is 0 Å². The van der Waals surface area contributed by atoms with E-state index in [-0.39, 0.29) is 0 Å². The molecule has 0 spiro atoms. The SMILES string of the molecule is CC.Cc1ccc2noc(-c3ccccc3)c2c1. The van der Waals surface area contributed by atoms with Gasteiger partial charge in [0, 0.05) is 10.9 Å². The van der Waals surface area contributed by atoms with Gasteiger partial charge in [-0.25, -0.2) is 0 Å². The number of fused-ring (bicyclic) bond motifs is 1. The molecule has 0 fully saturated rings. The van der Waals surface area contributed by atoms with Crippen molar-refractivity contribution in [3.63, 3.8) is 0 Å². The van der Waals surface area contributed by atoms with Gasteiger partial charge in [0.2, 0.25) is 0 Å². The maximum atomic E-state index is 5.41. The number of rotatable bonds is 1. The van der Waals surface area contributed by atoms with Crippen LogP contribution in [0.3, 0.4) is 0 Å². The van der Waals surface area contributed by atoms with Gasteiger partial charge >= 0.3 is 0 Å². The van der Waals surface area contributed by atoms with Gasteiger partial charge in [0.1, 0.15) is 5.52 Å². The minimum Gasteiger partial charge on any atom is -0.355 e. The number of benzene rings is 2. The maximum Gasteiger partial charge on any atom is 0.174 e. The molecule has 0 radical (unpaired) electrons. The first-order chi connectivity index (χ1) is 8.84. The van der Waals surface area contributed by atoms with Crippen molar-refractivity contribution in [3.05, 3.63) is 54.1 Å². The lowest BCUT2D eigenvalue weighted by Gasteiger charge is -1.96. The van der Waals surface area contributed by atoms with Crippen LogP contribution in [0, 0.1) is 6.92 Å². The highest BCUT2D eigenvalue weighted by molar-refractivity contribution is 5.91. The van der Waals surface area contributed by atoms with Crippen molar-refractivity contribution < 1.29 is 4.52 Å². The largest absolute Gasteiger partial charge is 0.355 e. The molecule has 1 aromatic heterocycles. The van der Waals surface area contributed by atoms with Crippen molar-refractivity contribution >= 4 is 10.9 Å². The number of nitrogens with zero attached hydrogens (tertiary/aromatic N) is 1. The second kappa shape index (κ2) is 5.50. The van der Waals surface area contributed by atoms with Crippen LogP contribution in [0.5, 0.6) is 0 Å². The van der Waals surface area contributed by atoms with Crippen LogP contribution in [0.1, 0.15) is 19.4 Å². The summed E-state index contributed by atoms with van der Waals surface area (Å²) in [7, 11) is 0. The van der Waals surface area contributed by atoms with E-state index in [1.807, 2.05) is 56.3 Å².